The van der Waals surface area contributed by atoms with Crippen molar-refractivity contribution >= 4 is 11.8 Å². The Labute approximate surface area is 145 Å². The average molecular weight is 330 g/mol. The van der Waals surface area contributed by atoms with Gasteiger partial charge in [-0.05, 0) is 24.8 Å². The van der Waals surface area contributed by atoms with E-state index < -0.39 is 0 Å². The highest BCUT2D eigenvalue weighted by molar-refractivity contribution is 5.82. The van der Waals surface area contributed by atoms with E-state index >= 15 is 0 Å². The molecule has 1 saturated heterocycles. The lowest BCUT2D eigenvalue weighted by atomic mass is 9.94. The highest BCUT2D eigenvalue weighted by atomic mass is 16.2. The van der Waals surface area contributed by atoms with Crippen LogP contribution < -0.4 is 5.32 Å². The minimum atomic E-state index is -0.0930. The topological polar surface area (TPSA) is 49.4 Å². The van der Waals surface area contributed by atoms with Gasteiger partial charge in [0.2, 0.25) is 11.8 Å². The van der Waals surface area contributed by atoms with Crippen molar-refractivity contribution in [3.63, 3.8) is 0 Å². The third-order valence-corrected chi connectivity index (χ3v) is 4.69. The summed E-state index contributed by atoms with van der Waals surface area (Å²) in [6.07, 6.45) is 3.71. The molecule has 132 valence electrons. The summed E-state index contributed by atoms with van der Waals surface area (Å²) in [5, 5.41) is 3.22. The lowest BCUT2D eigenvalue weighted by Crippen LogP contribution is -2.47. The number of rotatable bonds is 6. The first kappa shape index (κ1) is 18.5. The molecular weight excluding hydrogens is 300 g/mol. The molecule has 0 aliphatic carbocycles. The molecule has 4 heteroatoms. The highest BCUT2D eigenvalue weighted by Gasteiger charge is 2.30. The van der Waals surface area contributed by atoms with Gasteiger partial charge in [-0.25, -0.2) is 0 Å². The van der Waals surface area contributed by atoms with E-state index in [9.17, 15) is 9.59 Å². The molecule has 1 heterocycles. The van der Waals surface area contributed by atoms with Gasteiger partial charge < -0.3 is 10.2 Å². The van der Waals surface area contributed by atoms with Crippen LogP contribution in [-0.2, 0) is 9.59 Å². The van der Waals surface area contributed by atoms with Gasteiger partial charge in [-0.1, -0.05) is 57.5 Å². The molecule has 2 atom stereocenters. The van der Waals surface area contributed by atoms with Gasteiger partial charge in [-0.3, -0.25) is 9.59 Å². The van der Waals surface area contributed by atoms with Crippen LogP contribution in [0.15, 0.2) is 30.3 Å². The SMILES string of the molecule is CCC[C@H](NC(=O)[C@@H]1CCCN(C(=O)C(C)C)C1)c1ccccc1. The van der Waals surface area contributed by atoms with Crippen LogP contribution in [0.2, 0.25) is 0 Å². The fourth-order valence-corrected chi connectivity index (χ4v) is 3.34. The number of likely N-dealkylation sites (tertiary alicyclic amines) is 1. The number of carbonyl (C=O) groups is 2. The van der Waals surface area contributed by atoms with Crippen LogP contribution in [0, 0.1) is 11.8 Å². The quantitative estimate of drug-likeness (QED) is 0.867. The first-order valence-corrected chi connectivity index (χ1v) is 9.17. The zero-order valence-electron chi connectivity index (χ0n) is 15.1. The van der Waals surface area contributed by atoms with Gasteiger partial charge in [-0.15, -0.1) is 0 Å². The van der Waals surface area contributed by atoms with E-state index in [0.29, 0.717) is 6.54 Å². The first-order valence-electron chi connectivity index (χ1n) is 9.17. The second-order valence-corrected chi connectivity index (χ2v) is 7.04. The Morgan fingerprint density at radius 1 is 1.25 bits per heavy atom. The standard InChI is InChI=1S/C20H30N2O2/c1-4-9-18(16-10-6-5-7-11-16)21-19(23)17-12-8-13-22(14-17)20(24)15(2)3/h5-7,10-11,15,17-18H,4,8-9,12-14H2,1-3H3,(H,21,23)/t17-,18+/m1/s1. The number of nitrogens with zero attached hydrogens (tertiary/aromatic N) is 1. The zero-order valence-corrected chi connectivity index (χ0v) is 15.1. The molecule has 0 spiro atoms. The Kier molecular flexibility index (Phi) is 6.83. The van der Waals surface area contributed by atoms with E-state index in [2.05, 4.69) is 24.4 Å². The molecule has 1 aliphatic rings. The molecule has 2 amide bonds. The second-order valence-electron chi connectivity index (χ2n) is 7.04. The Hall–Kier alpha value is -1.84. The number of piperidine rings is 1. The van der Waals surface area contributed by atoms with Crippen molar-refractivity contribution in [1.82, 2.24) is 10.2 Å². The molecular formula is C20H30N2O2. The molecule has 24 heavy (non-hydrogen) atoms. The van der Waals surface area contributed by atoms with Crippen molar-refractivity contribution in [3.8, 4) is 0 Å². The van der Waals surface area contributed by atoms with E-state index in [1.54, 1.807) is 0 Å². The van der Waals surface area contributed by atoms with Crippen LogP contribution in [0.1, 0.15) is 58.1 Å². The lowest BCUT2D eigenvalue weighted by molar-refractivity contribution is -0.138. The highest BCUT2D eigenvalue weighted by Crippen LogP contribution is 2.22. The van der Waals surface area contributed by atoms with Crippen molar-refractivity contribution in [2.24, 2.45) is 11.8 Å². The predicted molar refractivity (Wildman–Crippen MR) is 96.4 cm³/mol. The van der Waals surface area contributed by atoms with Gasteiger partial charge >= 0.3 is 0 Å². The second kappa shape index (κ2) is 8.86. The fraction of sp³-hybridized carbons (Fsp3) is 0.600. The van der Waals surface area contributed by atoms with Crippen molar-refractivity contribution in [2.75, 3.05) is 13.1 Å². The van der Waals surface area contributed by atoms with Gasteiger partial charge in [0.1, 0.15) is 0 Å². The smallest absolute Gasteiger partial charge is 0.225 e. The Bertz CT molecular complexity index is 542. The van der Waals surface area contributed by atoms with E-state index in [1.165, 1.54) is 0 Å². The van der Waals surface area contributed by atoms with E-state index in [0.717, 1.165) is 37.8 Å². The lowest BCUT2D eigenvalue weighted by Gasteiger charge is -2.34. The summed E-state index contributed by atoms with van der Waals surface area (Å²) in [7, 11) is 0. The Morgan fingerprint density at radius 3 is 2.58 bits per heavy atom. The summed E-state index contributed by atoms with van der Waals surface area (Å²) < 4.78 is 0. The van der Waals surface area contributed by atoms with Crippen LogP contribution in [0.5, 0.6) is 0 Å². The third kappa shape index (κ3) is 4.83. The molecule has 0 unspecified atom stereocenters. The fourth-order valence-electron chi connectivity index (χ4n) is 3.34. The third-order valence-electron chi connectivity index (χ3n) is 4.69. The molecule has 1 aromatic carbocycles. The first-order chi connectivity index (χ1) is 11.5. The molecule has 1 fully saturated rings. The number of benzene rings is 1. The number of amides is 2. The van der Waals surface area contributed by atoms with Crippen LogP contribution in [0.3, 0.4) is 0 Å². The van der Waals surface area contributed by atoms with Crippen LogP contribution in [0.25, 0.3) is 0 Å². The molecule has 0 saturated carbocycles. The number of hydrogen-bond acceptors (Lipinski definition) is 2. The molecule has 1 aromatic rings. The van der Waals surface area contributed by atoms with Gasteiger partial charge in [0, 0.05) is 19.0 Å². The average Bonchev–Trinajstić information content (AvgIpc) is 2.61. The minimum absolute atomic E-state index is 0.0102. The van der Waals surface area contributed by atoms with E-state index in [-0.39, 0.29) is 29.7 Å². The molecule has 0 bridgehead atoms. The monoisotopic (exact) mass is 330 g/mol. The summed E-state index contributed by atoms with van der Waals surface area (Å²) in [6, 6.07) is 10.2. The van der Waals surface area contributed by atoms with Gasteiger partial charge in [0.25, 0.3) is 0 Å². The maximum atomic E-state index is 12.7. The molecule has 2 rings (SSSR count). The number of carbonyl (C=O) groups excluding carboxylic acids is 2. The van der Waals surface area contributed by atoms with Crippen LogP contribution in [0.4, 0.5) is 0 Å². The van der Waals surface area contributed by atoms with Gasteiger partial charge in [0.15, 0.2) is 0 Å². The summed E-state index contributed by atoms with van der Waals surface area (Å²) in [5.41, 5.74) is 1.15. The summed E-state index contributed by atoms with van der Waals surface area (Å²) >= 11 is 0. The molecule has 1 N–H and O–H groups in total. The molecule has 0 radical (unpaired) electrons. The van der Waals surface area contributed by atoms with Crippen LogP contribution >= 0.6 is 0 Å². The maximum absolute atomic E-state index is 12.7. The molecule has 1 aliphatic heterocycles. The van der Waals surface area contributed by atoms with E-state index in [1.807, 2.05) is 36.9 Å². The maximum Gasteiger partial charge on any atom is 0.225 e. The number of hydrogen-bond donors (Lipinski definition) is 1. The van der Waals surface area contributed by atoms with Crippen molar-refractivity contribution in [1.29, 1.82) is 0 Å². The van der Waals surface area contributed by atoms with Crippen molar-refractivity contribution < 1.29 is 9.59 Å². The molecule has 4 nitrogen and oxygen atoms in total. The molecule has 0 aromatic heterocycles. The van der Waals surface area contributed by atoms with E-state index in [4.69, 9.17) is 0 Å². The predicted octanol–water partition coefficient (Wildman–Crippen LogP) is 3.54. The number of nitrogens with one attached hydrogen (secondary N) is 1. The summed E-state index contributed by atoms with van der Waals surface area (Å²) in [5.74, 6) is 0.132. The van der Waals surface area contributed by atoms with Crippen molar-refractivity contribution in [3.05, 3.63) is 35.9 Å². The summed E-state index contributed by atoms with van der Waals surface area (Å²) in [6.45, 7) is 7.29. The normalized spacial score (nSPS) is 19.2. The Balaban J connectivity index is 2.00. The van der Waals surface area contributed by atoms with Crippen molar-refractivity contribution in [2.45, 2.75) is 52.5 Å². The zero-order chi connectivity index (χ0) is 17.5. The summed E-state index contributed by atoms with van der Waals surface area (Å²) in [4.78, 5) is 26.8. The Morgan fingerprint density at radius 2 is 1.96 bits per heavy atom. The minimum Gasteiger partial charge on any atom is -0.349 e. The van der Waals surface area contributed by atoms with Gasteiger partial charge in [-0.2, -0.15) is 0 Å². The largest absolute Gasteiger partial charge is 0.349 e. The van der Waals surface area contributed by atoms with Crippen LogP contribution in [-0.4, -0.2) is 29.8 Å². The van der Waals surface area contributed by atoms with Gasteiger partial charge in [0.05, 0.1) is 12.0 Å².